The normalized spacial score (nSPS) is 21.5. The van der Waals surface area contributed by atoms with Crippen LogP contribution in [0.25, 0.3) is 0 Å². The van der Waals surface area contributed by atoms with Crippen LogP contribution in [0.1, 0.15) is 50.0 Å². The van der Waals surface area contributed by atoms with Crippen LogP contribution in [0.4, 0.5) is 5.69 Å². The number of carbonyl (C=O) groups is 3. The average Bonchev–Trinajstić information content (AvgIpc) is 3.27. The third-order valence-electron chi connectivity index (χ3n) is 8.55. The molecular formula is C32H21Cl2N3O5. The Hall–Kier alpha value is -4.53. The SMILES string of the molecule is O=C(c1ccccc1[N+](=O)[O-])N(Cc1ccc(Cl)c(Cl)c1)N1C(=O)[C@@H]2C3c4ccccc4C(c4ccccc43)[C@@H]2C1=O. The van der Waals surface area contributed by atoms with Crippen LogP contribution >= 0.6 is 23.2 Å². The Morgan fingerprint density at radius 3 is 1.76 bits per heavy atom. The minimum atomic E-state index is -0.851. The molecule has 4 aromatic carbocycles. The number of nitrogens with zero attached hydrogens (tertiary/aromatic N) is 3. The molecule has 42 heavy (non-hydrogen) atoms. The molecule has 0 saturated carbocycles. The van der Waals surface area contributed by atoms with Crippen LogP contribution in [0, 0.1) is 22.0 Å². The van der Waals surface area contributed by atoms with Crippen molar-refractivity contribution in [2.24, 2.45) is 11.8 Å². The molecule has 0 radical (unpaired) electrons. The molecule has 4 aromatic rings. The van der Waals surface area contributed by atoms with E-state index in [1.54, 1.807) is 12.1 Å². The fourth-order valence-electron chi connectivity index (χ4n) is 6.90. The number of hydrogen-bond acceptors (Lipinski definition) is 5. The summed E-state index contributed by atoms with van der Waals surface area (Å²) in [6.07, 6.45) is 0. The maximum absolute atomic E-state index is 14.4. The van der Waals surface area contributed by atoms with Crippen LogP contribution < -0.4 is 0 Å². The molecule has 2 atom stereocenters. The van der Waals surface area contributed by atoms with E-state index < -0.39 is 40.2 Å². The second-order valence-corrected chi connectivity index (χ2v) is 11.5. The van der Waals surface area contributed by atoms with E-state index in [4.69, 9.17) is 23.2 Å². The number of benzene rings is 4. The molecule has 1 fully saturated rings. The van der Waals surface area contributed by atoms with Crippen molar-refractivity contribution in [3.8, 4) is 0 Å². The largest absolute Gasteiger partial charge is 0.282 e. The first-order chi connectivity index (χ1) is 20.3. The monoisotopic (exact) mass is 597 g/mol. The molecule has 1 aliphatic heterocycles. The van der Waals surface area contributed by atoms with Gasteiger partial charge in [0.2, 0.25) is 0 Å². The van der Waals surface area contributed by atoms with E-state index in [0.29, 0.717) is 10.6 Å². The maximum Gasteiger partial charge on any atom is 0.282 e. The molecule has 208 valence electrons. The number of nitro benzene ring substituents is 1. The zero-order chi connectivity index (χ0) is 29.3. The Kier molecular flexibility index (Phi) is 6.15. The van der Waals surface area contributed by atoms with Gasteiger partial charge in [0.15, 0.2) is 0 Å². The van der Waals surface area contributed by atoms with E-state index in [-0.39, 0.29) is 29.0 Å². The lowest BCUT2D eigenvalue weighted by Crippen LogP contribution is -2.50. The minimum absolute atomic E-state index is 0.226. The highest BCUT2D eigenvalue weighted by Gasteiger charge is 2.63. The predicted molar refractivity (Wildman–Crippen MR) is 155 cm³/mol. The Morgan fingerprint density at radius 2 is 1.26 bits per heavy atom. The lowest BCUT2D eigenvalue weighted by molar-refractivity contribution is -0.385. The maximum atomic E-state index is 14.4. The highest BCUT2D eigenvalue weighted by molar-refractivity contribution is 6.42. The molecule has 3 amide bonds. The summed E-state index contributed by atoms with van der Waals surface area (Å²) in [5.41, 5.74) is 3.78. The summed E-state index contributed by atoms with van der Waals surface area (Å²) in [7, 11) is 0. The quantitative estimate of drug-likeness (QED) is 0.151. The summed E-state index contributed by atoms with van der Waals surface area (Å²) >= 11 is 12.4. The van der Waals surface area contributed by atoms with E-state index in [9.17, 15) is 24.5 Å². The van der Waals surface area contributed by atoms with Crippen LogP contribution in [0.2, 0.25) is 10.0 Å². The summed E-state index contributed by atoms with van der Waals surface area (Å²) in [5.74, 6) is -4.10. The molecule has 0 spiro atoms. The number of imide groups is 1. The summed E-state index contributed by atoms with van der Waals surface area (Å²) in [5, 5.41) is 14.3. The standard InChI is InChI=1S/C32H21Cl2N3O5/c33-23-14-13-17(15-24(23)34)16-35(30(38)22-11-5-6-12-25(22)37(41)42)36-31(39)28-26-18-7-1-2-8-19(18)27(29(28)32(36)40)21-10-4-3-9-20(21)26/h1-15,26-29H,16H2/t26?,27?,28-,29+. The summed E-state index contributed by atoms with van der Waals surface area (Å²) in [6, 6.07) is 25.8. The first-order valence-electron chi connectivity index (χ1n) is 13.3. The Balaban J connectivity index is 1.37. The van der Waals surface area contributed by atoms with Crippen LogP contribution in [-0.4, -0.2) is 32.7 Å². The summed E-state index contributed by atoms with van der Waals surface area (Å²) in [6.45, 7) is -0.242. The number of hydrazine groups is 1. The topological polar surface area (TPSA) is 101 Å². The van der Waals surface area contributed by atoms with Gasteiger partial charge in [-0.1, -0.05) is 89.9 Å². The van der Waals surface area contributed by atoms with Crippen LogP contribution in [0.3, 0.4) is 0 Å². The van der Waals surface area contributed by atoms with Gasteiger partial charge in [0.25, 0.3) is 23.4 Å². The third-order valence-corrected chi connectivity index (χ3v) is 9.29. The van der Waals surface area contributed by atoms with Crippen molar-refractivity contribution in [3.05, 3.63) is 145 Å². The van der Waals surface area contributed by atoms with E-state index in [1.165, 1.54) is 30.3 Å². The molecule has 0 unspecified atom stereocenters. The smallest absolute Gasteiger partial charge is 0.272 e. The van der Waals surface area contributed by atoms with Gasteiger partial charge in [-0.2, -0.15) is 5.01 Å². The van der Waals surface area contributed by atoms with Crippen LogP contribution in [-0.2, 0) is 16.1 Å². The molecule has 3 aliphatic carbocycles. The predicted octanol–water partition coefficient (Wildman–Crippen LogP) is 6.35. The molecule has 0 N–H and O–H groups in total. The lowest BCUT2D eigenvalue weighted by atomic mass is 9.55. The van der Waals surface area contributed by atoms with Gasteiger partial charge in [-0.15, -0.1) is 0 Å². The highest BCUT2D eigenvalue weighted by atomic mass is 35.5. The van der Waals surface area contributed by atoms with Crippen LogP contribution in [0.15, 0.2) is 91.0 Å². The van der Waals surface area contributed by atoms with Crippen LogP contribution in [0.5, 0.6) is 0 Å². The molecule has 0 aromatic heterocycles. The van der Waals surface area contributed by atoms with E-state index in [0.717, 1.165) is 32.3 Å². The molecule has 8 nitrogen and oxygen atoms in total. The molecule has 1 saturated heterocycles. The fourth-order valence-corrected chi connectivity index (χ4v) is 7.22. The van der Waals surface area contributed by atoms with Gasteiger partial charge in [0, 0.05) is 17.9 Å². The third kappa shape index (κ3) is 3.79. The number of amides is 3. The molecule has 10 heteroatoms. The van der Waals surface area contributed by atoms with Crippen molar-refractivity contribution in [1.29, 1.82) is 0 Å². The number of rotatable bonds is 5. The van der Waals surface area contributed by atoms with E-state index >= 15 is 0 Å². The summed E-state index contributed by atoms with van der Waals surface area (Å²) < 4.78 is 0. The highest BCUT2D eigenvalue weighted by Crippen LogP contribution is 2.61. The van der Waals surface area contributed by atoms with Gasteiger partial charge in [-0.05, 0) is 46.0 Å². The van der Waals surface area contributed by atoms with Crippen molar-refractivity contribution in [3.63, 3.8) is 0 Å². The molecular weight excluding hydrogens is 577 g/mol. The first-order valence-corrected chi connectivity index (χ1v) is 14.1. The average molecular weight is 598 g/mol. The first kappa shape index (κ1) is 26.4. The van der Waals surface area contributed by atoms with E-state index in [2.05, 4.69) is 0 Å². The number of carbonyl (C=O) groups excluding carboxylic acids is 3. The van der Waals surface area contributed by atoms with Crippen molar-refractivity contribution >= 4 is 46.6 Å². The van der Waals surface area contributed by atoms with Crippen molar-refractivity contribution in [2.45, 2.75) is 18.4 Å². The van der Waals surface area contributed by atoms with Gasteiger partial charge in [-0.3, -0.25) is 24.5 Å². The molecule has 1 heterocycles. The minimum Gasteiger partial charge on any atom is -0.272 e. The number of para-hydroxylation sites is 1. The van der Waals surface area contributed by atoms with E-state index in [1.807, 2.05) is 48.5 Å². The molecule has 4 aliphatic rings. The number of nitro groups is 1. The Bertz CT molecular complexity index is 1730. The number of halogens is 2. The summed E-state index contributed by atoms with van der Waals surface area (Å²) in [4.78, 5) is 54.1. The lowest BCUT2D eigenvalue weighted by Gasteiger charge is -2.45. The number of hydrogen-bond donors (Lipinski definition) is 0. The zero-order valence-corrected chi connectivity index (χ0v) is 23.3. The van der Waals surface area contributed by atoms with Crippen molar-refractivity contribution in [2.75, 3.05) is 0 Å². The van der Waals surface area contributed by atoms with Gasteiger partial charge in [-0.25, -0.2) is 5.01 Å². The van der Waals surface area contributed by atoms with Crippen molar-refractivity contribution in [1.82, 2.24) is 10.0 Å². The Morgan fingerprint density at radius 1 is 0.762 bits per heavy atom. The zero-order valence-electron chi connectivity index (χ0n) is 21.8. The van der Waals surface area contributed by atoms with Gasteiger partial charge in [0.05, 0.1) is 33.3 Å². The molecule has 2 bridgehead atoms. The fraction of sp³-hybridized carbons (Fsp3) is 0.156. The van der Waals surface area contributed by atoms with Crippen molar-refractivity contribution < 1.29 is 19.3 Å². The second kappa shape index (κ2) is 9.79. The second-order valence-electron chi connectivity index (χ2n) is 10.6. The molecule has 8 rings (SSSR count). The van der Waals surface area contributed by atoms with Gasteiger partial charge in [0.1, 0.15) is 5.56 Å². The Labute approximate surface area is 250 Å². The van der Waals surface area contributed by atoms with Gasteiger partial charge >= 0.3 is 0 Å². The van der Waals surface area contributed by atoms with Gasteiger partial charge < -0.3 is 0 Å².